The van der Waals surface area contributed by atoms with Crippen molar-refractivity contribution in [1.29, 1.82) is 0 Å². The fraction of sp³-hybridized carbons (Fsp3) is 0.400. The predicted molar refractivity (Wildman–Crippen MR) is 104 cm³/mol. The molecule has 0 aliphatic carbocycles. The third kappa shape index (κ3) is 3.76. The maximum absolute atomic E-state index is 10.6. The molecule has 2 aliphatic heterocycles. The molecule has 2 heterocycles. The minimum atomic E-state index is -0.423. The summed E-state index contributed by atoms with van der Waals surface area (Å²) in [6, 6.07) is 14.3. The van der Waals surface area contributed by atoms with E-state index in [-0.39, 0.29) is 0 Å². The molecule has 25 heavy (non-hydrogen) atoms. The van der Waals surface area contributed by atoms with Crippen molar-refractivity contribution in [3.8, 4) is 0 Å². The number of nitrogens with one attached hydrogen (secondary N) is 1. The first-order valence-electron chi connectivity index (χ1n) is 8.97. The van der Waals surface area contributed by atoms with Crippen LogP contribution in [0.5, 0.6) is 0 Å². The van der Waals surface area contributed by atoms with Crippen LogP contribution in [0, 0.1) is 0 Å². The Kier molecular flexibility index (Phi) is 4.84. The zero-order valence-electron chi connectivity index (χ0n) is 14.3. The number of aliphatic hydroxyl groups excluding tert-OH is 1. The second-order valence-corrected chi connectivity index (χ2v) is 7.31. The van der Waals surface area contributed by atoms with E-state index in [1.165, 1.54) is 16.9 Å². The molecule has 1 atom stereocenters. The number of fused-ring (bicyclic) bond motifs is 1. The minimum Gasteiger partial charge on any atom is -0.387 e. The van der Waals surface area contributed by atoms with Crippen LogP contribution >= 0.6 is 11.6 Å². The summed E-state index contributed by atoms with van der Waals surface area (Å²) in [6.45, 7) is 5.57. The summed E-state index contributed by atoms with van der Waals surface area (Å²) < 4.78 is 0. The lowest BCUT2D eigenvalue weighted by Gasteiger charge is -2.37. The van der Waals surface area contributed by atoms with Crippen LogP contribution in [0.4, 0.5) is 11.4 Å². The van der Waals surface area contributed by atoms with Crippen molar-refractivity contribution in [2.75, 3.05) is 49.5 Å². The monoisotopic (exact) mass is 357 g/mol. The number of hydrogen-bond donors (Lipinski definition) is 2. The largest absolute Gasteiger partial charge is 0.387 e. The Morgan fingerprint density at radius 3 is 2.56 bits per heavy atom. The van der Waals surface area contributed by atoms with Gasteiger partial charge in [0, 0.05) is 55.7 Å². The molecule has 4 rings (SSSR count). The number of hydrogen-bond acceptors (Lipinski definition) is 4. The van der Waals surface area contributed by atoms with E-state index in [4.69, 9.17) is 11.6 Å². The van der Waals surface area contributed by atoms with Crippen LogP contribution in [-0.2, 0) is 6.42 Å². The van der Waals surface area contributed by atoms with Gasteiger partial charge in [-0.25, -0.2) is 0 Å². The molecule has 0 saturated carbocycles. The zero-order chi connectivity index (χ0) is 17.2. The molecule has 2 aliphatic rings. The molecule has 132 valence electrons. The third-order valence-corrected chi connectivity index (χ3v) is 5.47. The Morgan fingerprint density at radius 1 is 1.04 bits per heavy atom. The lowest BCUT2D eigenvalue weighted by Crippen LogP contribution is -2.47. The first-order chi connectivity index (χ1) is 12.2. The highest BCUT2D eigenvalue weighted by molar-refractivity contribution is 6.30. The fourth-order valence-corrected chi connectivity index (χ4v) is 3.85. The molecule has 2 aromatic carbocycles. The van der Waals surface area contributed by atoms with Crippen molar-refractivity contribution in [2.45, 2.75) is 12.5 Å². The topological polar surface area (TPSA) is 38.7 Å². The quantitative estimate of drug-likeness (QED) is 0.881. The van der Waals surface area contributed by atoms with E-state index in [0.717, 1.165) is 49.7 Å². The first kappa shape index (κ1) is 16.7. The van der Waals surface area contributed by atoms with Gasteiger partial charge in [-0.3, -0.25) is 4.90 Å². The molecule has 5 heteroatoms. The molecule has 0 radical (unpaired) electrons. The number of anilines is 2. The summed E-state index contributed by atoms with van der Waals surface area (Å²) in [5.41, 5.74) is 4.79. The lowest BCUT2D eigenvalue weighted by atomic mass is 10.0. The molecule has 0 aromatic heterocycles. The molecule has 4 nitrogen and oxygen atoms in total. The van der Waals surface area contributed by atoms with Crippen molar-refractivity contribution in [2.24, 2.45) is 0 Å². The predicted octanol–water partition coefficient (Wildman–Crippen LogP) is 3.16. The molecule has 0 bridgehead atoms. The number of benzene rings is 2. The Hall–Kier alpha value is -1.75. The van der Waals surface area contributed by atoms with Crippen LogP contribution in [-0.4, -0.2) is 49.3 Å². The Balaban J connectivity index is 1.33. The van der Waals surface area contributed by atoms with Crippen molar-refractivity contribution in [3.63, 3.8) is 0 Å². The van der Waals surface area contributed by atoms with Gasteiger partial charge in [0.2, 0.25) is 0 Å². The first-order valence-corrected chi connectivity index (χ1v) is 9.34. The minimum absolute atomic E-state index is 0.423. The van der Waals surface area contributed by atoms with Crippen LogP contribution in [0.25, 0.3) is 0 Å². The van der Waals surface area contributed by atoms with Crippen LogP contribution < -0.4 is 10.2 Å². The summed E-state index contributed by atoms with van der Waals surface area (Å²) >= 11 is 5.97. The summed E-state index contributed by atoms with van der Waals surface area (Å²) in [6.07, 6.45) is 0.628. The van der Waals surface area contributed by atoms with E-state index < -0.39 is 6.10 Å². The van der Waals surface area contributed by atoms with Gasteiger partial charge < -0.3 is 15.3 Å². The lowest BCUT2D eigenvalue weighted by molar-refractivity contribution is 0.109. The Bertz CT molecular complexity index is 726. The van der Waals surface area contributed by atoms with Crippen LogP contribution in [0.2, 0.25) is 5.02 Å². The molecule has 1 saturated heterocycles. The SMILES string of the molecule is O[C@@H](CN1CCN(c2ccc(Cl)cc2)CC1)c1ccc2c(c1)CCN2. The Labute approximate surface area is 154 Å². The maximum atomic E-state index is 10.6. The second-order valence-electron chi connectivity index (χ2n) is 6.87. The molecular formula is C20H24ClN3O. The average Bonchev–Trinajstić information content (AvgIpc) is 3.11. The molecular weight excluding hydrogens is 334 g/mol. The number of halogens is 1. The molecule has 0 amide bonds. The van der Waals surface area contributed by atoms with Crippen LogP contribution in [0.1, 0.15) is 17.2 Å². The smallest absolute Gasteiger partial charge is 0.0917 e. The Morgan fingerprint density at radius 2 is 1.80 bits per heavy atom. The van der Waals surface area contributed by atoms with Gasteiger partial charge in [-0.05, 0) is 47.9 Å². The van der Waals surface area contributed by atoms with Gasteiger partial charge in [-0.15, -0.1) is 0 Å². The number of aliphatic hydroxyl groups is 1. The number of β-amino-alcohol motifs (C(OH)–C–C–N with tert-alkyl or cyclic N) is 1. The molecule has 2 aromatic rings. The highest BCUT2D eigenvalue weighted by Gasteiger charge is 2.21. The van der Waals surface area contributed by atoms with Gasteiger partial charge in [0.05, 0.1) is 6.10 Å². The van der Waals surface area contributed by atoms with E-state index in [0.29, 0.717) is 6.54 Å². The summed E-state index contributed by atoms with van der Waals surface area (Å²) in [7, 11) is 0. The van der Waals surface area contributed by atoms with Crippen LogP contribution in [0.3, 0.4) is 0 Å². The van der Waals surface area contributed by atoms with Gasteiger partial charge >= 0.3 is 0 Å². The van der Waals surface area contributed by atoms with E-state index in [1.807, 2.05) is 18.2 Å². The third-order valence-electron chi connectivity index (χ3n) is 5.22. The number of rotatable bonds is 4. The molecule has 0 unspecified atom stereocenters. The zero-order valence-corrected chi connectivity index (χ0v) is 15.0. The van der Waals surface area contributed by atoms with Gasteiger partial charge in [0.15, 0.2) is 0 Å². The van der Waals surface area contributed by atoms with E-state index in [9.17, 15) is 5.11 Å². The highest BCUT2D eigenvalue weighted by Crippen LogP contribution is 2.26. The van der Waals surface area contributed by atoms with E-state index in [2.05, 4.69) is 39.4 Å². The average molecular weight is 358 g/mol. The molecule has 2 N–H and O–H groups in total. The maximum Gasteiger partial charge on any atom is 0.0917 e. The van der Waals surface area contributed by atoms with Crippen LogP contribution in [0.15, 0.2) is 42.5 Å². The summed E-state index contributed by atoms with van der Waals surface area (Å²) in [5.74, 6) is 0. The normalized spacial score (nSPS) is 18.7. The second kappa shape index (κ2) is 7.24. The van der Waals surface area contributed by atoms with Crippen molar-refractivity contribution >= 4 is 23.0 Å². The van der Waals surface area contributed by atoms with Crippen molar-refractivity contribution < 1.29 is 5.11 Å². The van der Waals surface area contributed by atoms with Gasteiger partial charge in [-0.1, -0.05) is 23.7 Å². The summed E-state index contributed by atoms with van der Waals surface area (Å²) in [4.78, 5) is 4.73. The van der Waals surface area contributed by atoms with E-state index in [1.54, 1.807) is 0 Å². The van der Waals surface area contributed by atoms with Gasteiger partial charge in [0.25, 0.3) is 0 Å². The standard InChI is InChI=1S/C20H24ClN3O/c21-17-2-4-18(5-3-17)24-11-9-23(10-12-24)14-20(25)16-1-6-19-15(13-16)7-8-22-19/h1-6,13,20,22,25H,7-12,14H2/t20-/m0/s1. The van der Waals surface area contributed by atoms with Gasteiger partial charge in [-0.2, -0.15) is 0 Å². The fourth-order valence-electron chi connectivity index (χ4n) is 3.72. The van der Waals surface area contributed by atoms with E-state index >= 15 is 0 Å². The molecule has 1 fully saturated rings. The number of nitrogens with zero attached hydrogens (tertiary/aromatic N) is 2. The number of piperazine rings is 1. The summed E-state index contributed by atoms with van der Waals surface area (Å²) in [5, 5.41) is 14.8. The molecule has 0 spiro atoms. The van der Waals surface area contributed by atoms with Gasteiger partial charge in [0.1, 0.15) is 0 Å². The van der Waals surface area contributed by atoms with Crippen molar-refractivity contribution in [3.05, 3.63) is 58.6 Å². The highest BCUT2D eigenvalue weighted by atomic mass is 35.5. The van der Waals surface area contributed by atoms with Crippen molar-refractivity contribution in [1.82, 2.24) is 4.90 Å².